The molecule has 6 heteroatoms. The van der Waals surface area contributed by atoms with Crippen LogP contribution in [-0.4, -0.2) is 33.2 Å². The van der Waals surface area contributed by atoms with Gasteiger partial charge in [-0.3, -0.25) is 4.79 Å². The Labute approximate surface area is 100 Å². The van der Waals surface area contributed by atoms with Crippen molar-refractivity contribution in [1.82, 2.24) is 5.32 Å². The minimum absolute atomic E-state index is 0.177. The highest BCUT2D eigenvalue weighted by molar-refractivity contribution is 5.82. The molecule has 4 N–H and O–H groups in total. The normalized spacial score (nSPS) is 14.4. The molecule has 0 aliphatic rings. The molecule has 0 bridgehead atoms. The monoisotopic (exact) mass is 241 g/mol. The molecule has 0 saturated heterocycles. The quantitative estimate of drug-likeness (QED) is 0.564. The number of nitrogens with one attached hydrogen (secondary N) is 1. The third-order valence-corrected chi connectivity index (χ3v) is 1.88. The standard InChI is InChI=1S/C11H13NO5/c1-6(13)12-8(11(16)17)4-7-2-3-9(14)10(15)5-7/h2-3,5,8,14-15H,4H2,1H3,(H,12,13)(H,16,17)/t8-/m0/s1/i4D2. The van der Waals surface area contributed by atoms with E-state index < -0.39 is 35.8 Å². The first-order valence-electron chi connectivity index (χ1n) is 5.68. The van der Waals surface area contributed by atoms with Crippen molar-refractivity contribution >= 4 is 11.9 Å². The topological polar surface area (TPSA) is 107 Å². The third-order valence-electron chi connectivity index (χ3n) is 1.88. The summed E-state index contributed by atoms with van der Waals surface area (Å²) in [6.07, 6.45) is -2.46. The van der Waals surface area contributed by atoms with E-state index in [4.69, 9.17) is 13.0 Å². The molecule has 1 aromatic rings. The highest BCUT2D eigenvalue weighted by Crippen LogP contribution is 2.25. The lowest BCUT2D eigenvalue weighted by Gasteiger charge is -2.13. The minimum Gasteiger partial charge on any atom is -0.504 e. The van der Waals surface area contributed by atoms with E-state index in [1.54, 1.807) is 0 Å². The molecular weight excluding hydrogens is 226 g/mol. The minimum atomic E-state index is -2.46. The van der Waals surface area contributed by atoms with Gasteiger partial charge in [0.2, 0.25) is 5.91 Å². The van der Waals surface area contributed by atoms with Gasteiger partial charge in [-0.15, -0.1) is 0 Å². The van der Waals surface area contributed by atoms with Crippen molar-refractivity contribution in [3.05, 3.63) is 23.8 Å². The summed E-state index contributed by atoms with van der Waals surface area (Å²) < 4.78 is 15.6. The van der Waals surface area contributed by atoms with Crippen LogP contribution < -0.4 is 5.32 Å². The van der Waals surface area contributed by atoms with Gasteiger partial charge in [-0.1, -0.05) is 6.07 Å². The fourth-order valence-electron chi connectivity index (χ4n) is 1.14. The highest BCUT2D eigenvalue weighted by atomic mass is 16.4. The zero-order chi connectivity index (χ0) is 14.8. The zero-order valence-electron chi connectivity index (χ0n) is 11.0. The molecular formula is C11H13NO5. The number of carboxylic acids is 1. The van der Waals surface area contributed by atoms with Gasteiger partial charge in [-0.2, -0.15) is 0 Å². The molecule has 0 aliphatic heterocycles. The summed E-state index contributed by atoms with van der Waals surface area (Å²) in [6.45, 7) is 1.07. The van der Waals surface area contributed by atoms with E-state index in [-0.39, 0.29) is 5.56 Å². The number of rotatable bonds is 4. The van der Waals surface area contributed by atoms with Gasteiger partial charge in [0.1, 0.15) is 6.04 Å². The van der Waals surface area contributed by atoms with Crippen LogP contribution in [0.4, 0.5) is 0 Å². The molecule has 0 spiro atoms. The van der Waals surface area contributed by atoms with Gasteiger partial charge in [0.25, 0.3) is 0 Å². The van der Waals surface area contributed by atoms with Gasteiger partial charge in [0.05, 0.1) is 0 Å². The van der Waals surface area contributed by atoms with Crippen molar-refractivity contribution in [2.24, 2.45) is 0 Å². The van der Waals surface area contributed by atoms with E-state index in [2.05, 4.69) is 0 Å². The van der Waals surface area contributed by atoms with Crippen molar-refractivity contribution in [2.45, 2.75) is 19.3 Å². The lowest BCUT2D eigenvalue weighted by Crippen LogP contribution is -2.41. The Hall–Kier alpha value is -2.24. The van der Waals surface area contributed by atoms with Gasteiger partial charge in [0, 0.05) is 16.0 Å². The molecule has 1 amide bonds. The number of amides is 1. The molecule has 92 valence electrons. The molecule has 17 heavy (non-hydrogen) atoms. The summed E-state index contributed by atoms with van der Waals surface area (Å²) >= 11 is 0. The van der Waals surface area contributed by atoms with Crippen molar-refractivity contribution < 1.29 is 27.7 Å². The molecule has 0 aromatic heterocycles. The van der Waals surface area contributed by atoms with Crippen LogP contribution >= 0.6 is 0 Å². The van der Waals surface area contributed by atoms with Crippen LogP contribution in [-0.2, 0) is 16.0 Å². The molecule has 0 saturated carbocycles. The van der Waals surface area contributed by atoms with Crippen molar-refractivity contribution in [3.63, 3.8) is 0 Å². The van der Waals surface area contributed by atoms with Crippen LogP contribution in [0.1, 0.15) is 15.2 Å². The first-order valence-corrected chi connectivity index (χ1v) is 4.68. The maximum atomic E-state index is 11.0. The summed E-state index contributed by atoms with van der Waals surface area (Å²) in [5, 5.41) is 29.4. The van der Waals surface area contributed by atoms with E-state index in [0.717, 1.165) is 25.1 Å². The average Bonchev–Trinajstić information content (AvgIpc) is 2.28. The molecule has 1 atom stereocenters. The Balaban J connectivity index is 3.21. The number of phenols is 2. The SMILES string of the molecule is [2H]C([2H])(c1ccc(O)c(O)c1)[C@H](NC(C)=O)C(=O)O. The number of aromatic hydroxyl groups is 2. The first kappa shape index (κ1) is 9.95. The van der Waals surface area contributed by atoms with Crippen LogP contribution in [0.25, 0.3) is 0 Å². The van der Waals surface area contributed by atoms with E-state index in [9.17, 15) is 14.7 Å². The Morgan fingerprint density at radius 3 is 2.53 bits per heavy atom. The number of benzene rings is 1. The van der Waals surface area contributed by atoms with Crippen LogP contribution in [0.5, 0.6) is 11.5 Å². The number of hydrogen-bond donors (Lipinski definition) is 4. The Bertz CT molecular complexity index is 518. The number of aliphatic carboxylic acids is 1. The van der Waals surface area contributed by atoms with Gasteiger partial charge < -0.3 is 20.6 Å². The Kier molecular flexibility index (Phi) is 3.04. The van der Waals surface area contributed by atoms with Crippen molar-refractivity contribution in [2.75, 3.05) is 0 Å². The molecule has 0 radical (unpaired) electrons. The predicted molar refractivity (Wildman–Crippen MR) is 58.7 cm³/mol. The summed E-state index contributed by atoms with van der Waals surface area (Å²) in [4.78, 5) is 22.0. The molecule has 0 unspecified atom stereocenters. The van der Waals surface area contributed by atoms with E-state index in [1.165, 1.54) is 0 Å². The van der Waals surface area contributed by atoms with E-state index in [0.29, 0.717) is 0 Å². The van der Waals surface area contributed by atoms with Crippen molar-refractivity contribution in [1.29, 1.82) is 0 Å². The predicted octanol–water partition coefficient (Wildman–Crippen LogP) is 0.230. The van der Waals surface area contributed by atoms with Crippen LogP contribution in [0, 0.1) is 0 Å². The number of carbonyl (C=O) groups is 2. The maximum Gasteiger partial charge on any atom is 0.326 e. The smallest absolute Gasteiger partial charge is 0.326 e. The third kappa shape index (κ3) is 3.67. The second-order valence-corrected chi connectivity index (χ2v) is 3.32. The molecule has 0 aliphatic carbocycles. The molecule has 0 fully saturated rings. The van der Waals surface area contributed by atoms with Crippen LogP contribution in [0.3, 0.4) is 0 Å². The average molecular weight is 241 g/mol. The van der Waals surface area contributed by atoms with Gasteiger partial charge >= 0.3 is 5.97 Å². The van der Waals surface area contributed by atoms with Crippen molar-refractivity contribution in [3.8, 4) is 11.5 Å². The molecule has 6 nitrogen and oxygen atoms in total. The number of carbonyl (C=O) groups excluding carboxylic acids is 1. The fourth-order valence-corrected chi connectivity index (χ4v) is 1.14. The summed E-state index contributed by atoms with van der Waals surface area (Å²) in [6, 6.07) is 1.27. The highest BCUT2D eigenvalue weighted by Gasteiger charge is 2.19. The molecule has 1 rings (SSSR count). The largest absolute Gasteiger partial charge is 0.504 e. The zero-order valence-corrected chi connectivity index (χ0v) is 8.97. The van der Waals surface area contributed by atoms with Crippen LogP contribution in [0.15, 0.2) is 18.2 Å². The summed E-state index contributed by atoms with van der Waals surface area (Å²) in [5.41, 5.74) is -0.177. The van der Waals surface area contributed by atoms with Gasteiger partial charge in [-0.05, 0) is 17.7 Å². The number of hydrogen-bond acceptors (Lipinski definition) is 4. The van der Waals surface area contributed by atoms with E-state index >= 15 is 0 Å². The van der Waals surface area contributed by atoms with Crippen LogP contribution in [0.2, 0.25) is 0 Å². The maximum absolute atomic E-state index is 11.0. The number of carboxylic acid groups (broad SMARTS) is 1. The second-order valence-electron chi connectivity index (χ2n) is 3.32. The second kappa shape index (κ2) is 5.20. The lowest BCUT2D eigenvalue weighted by molar-refractivity contribution is -0.141. The summed E-state index contributed by atoms with van der Waals surface area (Å²) in [5.74, 6) is -3.27. The molecule has 1 aromatic carbocycles. The Morgan fingerprint density at radius 1 is 1.41 bits per heavy atom. The fraction of sp³-hybridized carbons (Fsp3) is 0.273. The Morgan fingerprint density at radius 2 is 2.06 bits per heavy atom. The summed E-state index contributed by atoms with van der Waals surface area (Å²) in [7, 11) is 0. The number of phenolic OH excluding ortho intramolecular Hbond substituents is 2. The van der Waals surface area contributed by atoms with Gasteiger partial charge in [-0.25, -0.2) is 4.79 Å². The van der Waals surface area contributed by atoms with Gasteiger partial charge in [0.15, 0.2) is 11.5 Å². The lowest BCUT2D eigenvalue weighted by atomic mass is 10.1. The molecule has 0 heterocycles. The van der Waals surface area contributed by atoms with E-state index in [1.807, 2.05) is 5.32 Å². The first-order chi connectivity index (χ1) is 8.66.